The SMILES string of the molecule is CCCCC(CC)CNC(=O)[C@H](CC(=O)O)N1CN(C(=O)NCc2ccc(F)cc2)N(C)CC1=O. The van der Waals surface area contributed by atoms with Crippen molar-refractivity contribution in [1.82, 2.24) is 25.6 Å². The van der Waals surface area contributed by atoms with E-state index >= 15 is 0 Å². The number of amides is 4. The van der Waals surface area contributed by atoms with Crippen molar-refractivity contribution < 1.29 is 28.7 Å². The van der Waals surface area contributed by atoms with E-state index in [1.54, 1.807) is 19.2 Å². The lowest BCUT2D eigenvalue weighted by atomic mass is 9.99. The van der Waals surface area contributed by atoms with E-state index in [4.69, 9.17) is 0 Å². The van der Waals surface area contributed by atoms with Crippen LogP contribution < -0.4 is 10.6 Å². The number of unbranched alkanes of at least 4 members (excludes halogenated alkanes) is 1. The highest BCUT2D eigenvalue weighted by Gasteiger charge is 2.39. The highest BCUT2D eigenvalue weighted by molar-refractivity contribution is 5.92. The van der Waals surface area contributed by atoms with E-state index in [2.05, 4.69) is 17.6 Å². The number of hydrogen-bond donors (Lipinski definition) is 3. The molecular weight excluding hydrogens is 457 g/mol. The van der Waals surface area contributed by atoms with Crippen LogP contribution in [0.5, 0.6) is 0 Å². The first-order valence-electron chi connectivity index (χ1n) is 12.0. The van der Waals surface area contributed by atoms with Gasteiger partial charge in [0.05, 0.1) is 13.0 Å². The standard InChI is InChI=1S/C24H36FN5O5/c1-4-6-7-17(5-2)13-26-23(34)20(12-22(32)33)29-16-30(28(3)15-21(29)31)24(35)27-14-18-8-10-19(25)11-9-18/h8-11,17,20H,4-7,12-16H2,1-3H3,(H,26,34)(H,27,35)(H,32,33)/t17?,20-/m0/s1. The fourth-order valence-corrected chi connectivity index (χ4v) is 3.88. The maximum Gasteiger partial charge on any atom is 0.333 e. The average molecular weight is 494 g/mol. The Balaban J connectivity index is 2.08. The van der Waals surface area contributed by atoms with Gasteiger partial charge in [0, 0.05) is 20.1 Å². The molecule has 1 aromatic rings. The molecule has 1 unspecified atom stereocenters. The van der Waals surface area contributed by atoms with Crippen LogP contribution in [0.3, 0.4) is 0 Å². The summed E-state index contributed by atoms with van der Waals surface area (Å²) in [7, 11) is 1.55. The first-order chi connectivity index (χ1) is 16.7. The maximum absolute atomic E-state index is 13.1. The number of urea groups is 1. The summed E-state index contributed by atoms with van der Waals surface area (Å²) in [5.74, 6) is -2.34. The van der Waals surface area contributed by atoms with Crippen molar-refractivity contribution >= 4 is 23.8 Å². The van der Waals surface area contributed by atoms with E-state index in [9.17, 15) is 28.7 Å². The van der Waals surface area contributed by atoms with Crippen LogP contribution in [0.25, 0.3) is 0 Å². The van der Waals surface area contributed by atoms with Gasteiger partial charge >= 0.3 is 12.0 Å². The van der Waals surface area contributed by atoms with Crippen LogP contribution in [0.1, 0.15) is 51.5 Å². The summed E-state index contributed by atoms with van der Waals surface area (Å²) < 4.78 is 13.1. The summed E-state index contributed by atoms with van der Waals surface area (Å²) in [4.78, 5) is 51.2. The second-order valence-electron chi connectivity index (χ2n) is 8.78. The fraction of sp³-hybridized carbons (Fsp3) is 0.583. The van der Waals surface area contributed by atoms with Gasteiger partial charge in [-0.2, -0.15) is 0 Å². The predicted molar refractivity (Wildman–Crippen MR) is 127 cm³/mol. The summed E-state index contributed by atoms with van der Waals surface area (Å²) in [6, 6.07) is 3.88. The number of carboxylic acids is 1. The molecule has 3 N–H and O–H groups in total. The van der Waals surface area contributed by atoms with Crippen LogP contribution in [0.4, 0.5) is 9.18 Å². The second-order valence-corrected chi connectivity index (χ2v) is 8.78. The largest absolute Gasteiger partial charge is 0.481 e. The van der Waals surface area contributed by atoms with E-state index in [-0.39, 0.29) is 31.5 Å². The molecule has 0 aliphatic carbocycles. The Morgan fingerprint density at radius 3 is 2.43 bits per heavy atom. The molecule has 10 nitrogen and oxygen atoms in total. The zero-order valence-electron chi connectivity index (χ0n) is 20.6. The van der Waals surface area contributed by atoms with Crippen LogP contribution >= 0.6 is 0 Å². The number of carbonyl (C=O) groups is 4. The van der Waals surface area contributed by atoms with Crippen molar-refractivity contribution in [3.8, 4) is 0 Å². The Morgan fingerprint density at radius 2 is 1.83 bits per heavy atom. The summed E-state index contributed by atoms with van der Waals surface area (Å²) in [6.07, 6.45) is 3.33. The third-order valence-electron chi connectivity index (χ3n) is 6.13. The Hall–Kier alpha value is -3.21. The number of aliphatic carboxylic acids is 1. The highest BCUT2D eigenvalue weighted by atomic mass is 19.1. The molecule has 11 heteroatoms. The van der Waals surface area contributed by atoms with Gasteiger partial charge in [-0.05, 0) is 30.0 Å². The molecule has 35 heavy (non-hydrogen) atoms. The summed E-state index contributed by atoms with van der Waals surface area (Å²) in [5.41, 5.74) is 0.684. The smallest absolute Gasteiger partial charge is 0.333 e. The van der Waals surface area contributed by atoms with Crippen LogP contribution in [0.15, 0.2) is 24.3 Å². The summed E-state index contributed by atoms with van der Waals surface area (Å²) in [5, 5.41) is 17.6. The number of nitrogens with zero attached hydrogens (tertiary/aromatic N) is 3. The lowest BCUT2D eigenvalue weighted by Gasteiger charge is -2.43. The molecule has 2 rings (SSSR count). The summed E-state index contributed by atoms with van der Waals surface area (Å²) >= 11 is 0. The third kappa shape index (κ3) is 8.50. The molecule has 1 aliphatic heterocycles. The van der Waals surface area contributed by atoms with Crippen molar-refractivity contribution in [2.45, 2.75) is 58.5 Å². The van der Waals surface area contributed by atoms with E-state index in [1.807, 2.05) is 6.92 Å². The molecule has 1 aromatic carbocycles. The van der Waals surface area contributed by atoms with Crippen LogP contribution in [0.2, 0.25) is 0 Å². The fourth-order valence-electron chi connectivity index (χ4n) is 3.88. The number of carbonyl (C=O) groups excluding carboxylic acids is 3. The molecule has 194 valence electrons. The molecule has 0 bridgehead atoms. The van der Waals surface area contributed by atoms with Crippen molar-refractivity contribution in [3.63, 3.8) is 0 Å². The number of likely N-dealkylation sites (N-methyl/N-ethyl adjacent to an activating group) is 1. The van der Waals surface area contributed by atoms with E-state index in [0.29, 0.717) is 12.1 Å². The lowest BCUT2D eigenvalue weighted by molar-refractivity contribution is -0.160. The number of halogens is 1. The lowest BCUT2D eigenvalue weighted by Crippen LogP contribution is -2.65. The Labute approximate surface area is 205 Å². The molecule has 0 aromatic heterocycles. The Morgan fingerprint density at radius 1 is 1.14 bits per heavy atom. The van der Waals surface area contributed by atoms with Gasteiger partial charge < -0.3 is 20.6 Å². The van der Waals surface area contributed by atoms with Crippen molar-refractivity contribution in [2.75, 3.05) is 26.8 Å². The molecule has 2 atom stereocenters. The average Bonchev–Trinajstić information content (AvgIpc) is 2.82. The molecule has 1 saturated heterocycles. The van der Waals surface area contributed by atoms with Gasteiger partial charge in [0.2, 0.25) is 11.8 Å². The topological polar surface area (TPSA) is 122 Å². The molecule has 0 spiro atoms. The number of hydrogen-bond acceptors (Lipinski definition) is 5. The zero-order valence-corrected chi connectivity index (χ0v) is 20.6. The molecule has 4 amide bonds. The Bertz CT molecular complexity index is 882. The quantitative estimate of drug-likeness (QED) is 0.410. The van der Waals surface area contributed by atoms with Gasteiger partial charge in [-0.3, -0.25) is 14.4 Å². The van der Waals surface area contributed by atoms with Crippen molar-refractivity contribution in [1.29, 1.82) is 0 Å². The van der Waals surface area contributed by atoms with Gasteiger partial charge in [0.15, 0.2) is 0 Å². The molecule has 1 fully saturated rings. The molecular formula is C24H36FN5O5. The number of carboxylic acid groups (broad SMARTS) is 1. The molecule has 0 radical (unpaired) electrons. The minimum absolute atomic E-state index is 0.132. The van der Waals surface area contributed by atoms with Crippen molar-refractivity contribution in [3.05, 3.63) is 35.6 Å². The van der Waals surface area contributed by atoms with Crippen molar-refractivity contribution in [2.24, 2.45) is 5.92 Å². The van der Waals surface area contributed by atoms with Gasteiger partial charge in [-0.25, -0.2) is 19.2 Å². The minimum atomic E-state index is -1.25. The van der Waals surface area contributed by atoms with Gasteiger partial charge in [0.1, 0.15) is 18.5 Å². The van der Waals surface area contributed by atoms with E-state index in [1.165, 1.54) is 22.2 Å². The van der Waals surface area contributed by atoms with Crippen LogP contribution in [-0.2, 0) is 20.9 Å². The number of rotatable bonds is 12. The van der Waals surface area contributed by atoms with E-state index < -0.39 is 36.3 Å². The van der Waals surface area contributed by atoms with Gasteiger partial charge in [0.25, 0.3) is 0 Å². The minimum Gasteiger partial charge on any atom is -0.481 e. The number of hydrazine groups is 1. The van der Waals surface area contributed by atoms with Crippen LogP contribution in [0, 0.1) is 11.7 Å². The highest BCUT2D eigenvalue weighted by Crippen LogP contribution is 2.16. The maximum atomic E-state index is 13.1. The number of benzene rings is 1. The Kier molecular flexibility index (Phi) is 10.9. The number of nitrogens with one attached hydrogen (secondary N) is 2. The van der Waals surface area contributed by atoms with Gasteiger partial charge in [-0.1, -0.05) is 45.2 Å². The first-order valence-corrected chi connectivity index (χ1v) is 12.0. The van der Waals surface area contributed by atoms with Crippen LogP contribution in [-0.4, -0.2) is 76.7 Å². The molecule has 1 heterocycles. The zero-order chi connectivity index (χ0) is 26.0. The van der Waals surface area contributed by atoms with Gasteiger partial charge in [-0.15, -0.1) is 0 Å². The normalized spacial score (nSPS) is 16.1. The molecule has 1 aliphatic rings. The first kappa shape index (κ1) is 28.0. The predicted octanol–water partition coefficient (Wildman–Crippen LogP) is 2.16. The van der Waals surface area contributed by atoms with E-state index in [0.717, 1.165) is 30.6 Å². The monoisotopic (exact) mass is 493 g/mol. The second kappa shape index (κ2) is 13.6. The molecule has 0 saturated carbocycles. The summed E-state index contributed by atoms with van der Waals surface area (Å²) in [6.45, 7) is 4.19. The third-order valence-corrected chi connectivity index (χ3v) is 6.13.